The van der Waals surface area contributed by atoms with Crippen LogP contribution in [0.25, 0.3) is 0 Å². The molecule has 0 spiro atoms. The van der Waals surface area contributed by atoms with E-state index >= 15 is 0 Å². The van der Waals surface area contributed by atoms with Crippen LogP contribution in [0, 0.1) is 5.82 Å². The van der Waals surface area contributed by atoms with E-state index in [-0.39, 0.29) is 18.2 Å². The third-order valence-corrected chi connectivity index (χ3v) is 3.33. The molecule has 2 aromatic rings. The minimum absolute atomic E-state index is 0. The quantitative estimate of drug-likeness (QED) is 0.882. The van der Waals surface area contributed by atoms with Crippen LogP contribution in [0.3, 0.4) is 0 Å². The van der Waals surface area contributed by atoms with Crippen LogP contribution in [-0.2, 0) is 0 Å². The van der Waals surface area contributed by atoms with Crippen LogP contribution in [0.2, 0.25) is 5.02 Å². The summed E-state index contributed by atoms with van der Waals surface area (Å²) in [6.07, 6.45) is 0. The van der Waals surface area contributed by atoms with Gasteiger partial charge in [0, 0.05) is 15.5 Å². The van der Waals surface area contributed by atoms with Crippen molar-refractivity contribution in [2.75, 3.05) is 0 Å². The molecule has 0 bridgehead atoms. The zero-order valence-corrected chi connectivity index (χ0v) is 10.6. The highest BCUT2D eigenvalue weighted by Gasteiger charge is 2.14. The van der Waals surface area contributed by atoms with Crippen LogP contribution >= 0.6 is 35.3 Å². The highest BCUT2D eigenvalue weighted by molar-refractivity contribution is 7.10. The Balaban J connectivity index is 0.00000128. The fourth-order valence-electron chi connectivity index (χ4n) is 1.37. The minimum atomic E-state index is -0.441. The van der Waals surface area contributed by atoms with Gasteiger partial charge < -0.3 is 5.73 Å². The van der Waals surface area contributed by atoms with Crippen LogP contribution in [0.5, 0.6) is 0 Å². The predicted octanol–water partition coefficient (Wildman–Crippen LogP) is 4.01. The smallest absolute Gasteiger partial charge is 0.128 e. The maximum atomic E-state index is 13.5. The highest BCUT2D eigenvalue weighted by atomic mass is 35.5. The lowest BCUT2D eigenvalue weighted by Gasteiger charge is -2.11. The molecule has 5 heteroatoms. The van der Waals surface area contributed by atoms with Crippen molar-refractivity contribution in [1.82, 2.24) is 0 Å². The van der Waals surface area contributed by atoms with Crippen molar-refractivity contribution in [3.63, 3.8) is 0 Å². The molecular formula is C11H10Cl2FNS. The van der Waals surface area contributed by atoms with Gasteiger partial charge in [0.2, 0.25) is 0 Å². The molecule has 0 aliphatic carbocycles. The van der Waals surface area contributed by atoms with Gasteiger partial charge >= 0.3 is 0 Å². The Morgan fingerprint density at radius 3 is 2.69 bits per heavy atom. The molecule has 0 amide bonds. The van der Waals surface area contributed by atoms with Crippen LogP contribution in [0.1, 0.15) is 16.5 Å². The molecule has 0 aliphatic heterocycles. The van der Waals surface area contributed by atoms with Gasteiger partial charge in [0.15, 0.2) is 0 Å². The van der Waals surface area contributed by atoms with E-state index in [4.69, 9.17) is 17.3 Å². The highest BCUT2D eigenvalue weighted by Crippen LogP contribution is 2.27. The van der Waals surface area contributed by atoms with E-state index in [9.17, 15) is 4.39 Å². The molecular weight excluding hydrogens is 268 g/mol. The SMILES string of the molecule is Cl.N[C@H](c1cccs1)c1cc(Cl)ccc1F. The third kappa shape index (κ3) is 2.74. The van der Waals surface area contributed by atoms with Crippen LogP contribution in [0.4, 0.5) is 4.39 Å². The van der Waals surface area contributed by atoms with Crippen LogP contribution in [-0.4, -0.2) is 0 Å². The topological polar surface area (TPSA) is 26.0 Å². The predicted molar refractivity (Wildman–Crippen MR) is 69.0 cm³/mol. The lowest BCUT2D eigenvalue weighted by Crippen LogP contribution is -2.12. The molecule has 2 rings (SSSR count). The second-order valence-corrected chi connectivity index (χ2v) is 4.57. The molecule has 1 atom stereocenters. The molecule has 1 aromatic carbocycles. The normalized spacial score (nSPS) is 11.9. The summed E-state index contributed by atoms with van der Waals surface area (Å²) in [5.74, 6) is -0.319. The van der Waals surface area contributed by atoms with E-state index in [1.807, 2.05) is 17.5 Å². The average molecular weight is 278 g/mol. The summed E-state index contributed by atoms with van der Waals surface area (Å²) in [6.45, 7) is 0. The van der Waals surface area contributed by atoms with Crippen molar-refractivity contribution in [3.05, 3.63) is 57.0 Å². The maximum absolute atomic E-state index is 13.5. The fourth-order valence-corrected chi connectivity index (χ4v) is 2.30. The lowest BCUT2D eigenvalue weighted by atomic mass is 10.1. The maximum Gasteiger partial charge on any atom is 0.128 e. The molecule has 0 saturated carbocycles. The summed E-state index contributed by atoms with van der Waals surface area (Å²) >= 11 is 7.31. The average Bonchev–Trinajstić information content (AvgIpc) is 2.74. The molecule has 1 nitrogen and oxygen atoms in total. The zero-order valence-electron chi connectivity index (χ0n) is 8.19. The van der Waals surface area contributed by atoms with Crippen molar-refractivity contribution in [1.29, 1.82) is 0 Å². The third-order valence-electron chi connectivity index (χ3n) is 2.14. The van der Waals surface area contributed by atoms with E-state index in [0.29, 0.717) is 10.6 Å². The Morgan fingerprint density at radius 1 is 1.31 bits per heavy atom. The monoisotopic (exact) mass is 277 g/mol. The van der Waals surface area contributed by atoms with E-state index in [1.54, 1.807) is 6.07 Å². The Bertz CT molecular complexity index is 459. The summed E-state index contributed by atoms with van der Waals surface area (Å²) in [7, 11) is 0. The first-order chi connectivity index (χ1) is 7.18. The van der Waals surface area contributed by atoms with Gasteiger partial charge in [-0.3, -0.25) is 0 Å². The first-order valence-electron chi connectivity index (χ1n) is 4.42. The second kappa shape index (κ2) is 5.64. The molecule has 1 heterocycles. The minimum Gasteiger partial charge on any atom is -0.320 e. The number of rotatable bonds is 2. The Hall–Kier alpha value is -0.610. The largest absolute Gasteiger partial charge is 0.320 e. The fraction of sp³-hybridized carbons (Fsp3) is 0.0909. The van der Waals surface area contributed by atoms with Crippen molar-refractivity contribution in [2.24, 2.45) is 5.73 Å². The number of nitrogens with two attached hydrogens (primary N) is 1. The van der Waals surface area contributed by atoms with Crippen LogP contribution < -0.4 is 5.73 Å². The summed E-state index contributed by atoms with van der Waals surface area (Å²) in [4.78, 5) is 0.927. The molecule has 0 fully saturated rings. The van der Waals surface area contributed by atoms with E-state index in [2.05, 4.69) is 0 Å². The van der Waals surface area contributed by atoms with E-state index in [1.165, 1.54) is 23.5 Å². The Kier molecular flexibility index (Phi) is 4.74. The number of hydrogen-bond acceptors (Lipinski definition) is 2. The summed E-state index contributed by atoms with van der Waals surface area (Å²) in [6, 6.07) is 7.76. The number of hydrogen-bond donors (Lipinski definition) is 1. The van der Waals surface area contributed by atoms with E-state index in [0.717, 1.165) is 4.88 Å². The van der Waals surface area contributed by atoms with Crippen molar-refractivity contribution in [2.45, 2.75) is 6.04 Å². The second-order valence-electron chi connectivity index (χ2n) is 3.16. The van der Waals surface area contributed by atoms with Gasteiger partial charge in [-0.25, -0.2) is 4.39 Å². The van der Waals surface area contributed by atoms with Gasteiger partial charge in [0.1, 0.15) is 5.82 Å². The molecule has 2 N–H and O–H groups in total. The molecule has 1 aromatic heterocycles. The van der Waals surface area contributed by atoms with E-state index < -0.39 is 6.04 Å². The van der Waals surface area contributed by atoms with Crippen molar-refractivity contribution >= 4 is 35.3 Å². The first-order valence-corrected chi connectivity index (χ1v) is 5.68. The number of thiophene rings is 1. The lowest BCUT2D eigenvalue weighted by molar-refractivity contribution is 0.601. The first kappa shape index (κ1) is 13.5. The molecule has 16 heavy (non-hydrogen) atoms. The molecule has 0 unspecified atom stereocenters. The summed E-state index contributed by atoms with van der Waals surface area (Å²) in [5.41, 5.74) is 6.38. The number of benzene rings is 1. The van der Waals surface area contributed by atoms with Gasteiger partial charge in [-0.15, -0.1) is 23.7 Å². The molecule has 0 saturated heterocycles. The Morgan fingerprint density at radius 2 is 2.06 bits per heavy atom. The zero-order chi connectivity index (χ0) is 10.8. The van der Waals surface area contributed by atoms with Gasteiger partial charge in [0.25, 0.3) is 0 Å². The number of halogens is 3. The van der Waals surface area contributed by atoms with Crippen molar-refractivity contribution < 1.29 is 4.39 Å². The van der Waals surface area contributed by atoms with Gasteiger partial charge in [-0.2, -0.15) is 0 Å². The molecule has 86 valence electrons. The summed E-state index contributed by atoms with van der Waals surface area (Å²) < 4.78 is 13.5. The van der Waals surface area contributed by atoms with Gasteiger partial charge in [0.05, 0.1) is 6.04 Å². The summed E-state index contributed by atoms with van der Waals surface area (Å²) in [5, 5.41) is 2.41. The molecule has 0 aliphatic rings. The van der Waals surface area contributed by atoms with Crippen LogP contribution in [0.15, 0.2) is 35.7 Å². The van der Waals surface area contributed by atoms with Gasteiger partial charge in [-0.05, 0) is 29.6 Å². The standard InChI is InChI=1S/C11H9ClFNS.ClH/c12-7-3-4-9(13)8(6-7)11(14)10-2-1-5-15-10;/h1-6,11H,14H2;1H/t11-;/m0./s1. The molecule has 0 radical (unpaired) electrons. The van der Waals surface area contributed by atoms with Gasteiger partial charge in [-0.1, -0.05) is 17.7 Å². The Labute approximate surface area is 108 Å². The van der Waals surface area contributed by atoms with Crippen molar-refractivity contribution in [3.8, 4) is 0 Å².